The Balaban J connectivity index is 2.10. The Hall–Kier alpha value is -2.40. The van der Waals surface area contributed by atoms with Gasteiger partial charge in [0.25, 0.3) is 5.91 Å². The van der Waals surface area contributed by atoms with Crippen LogP contribution in [0.4, 0.5) is 0 Å². The first-order chi connectivity index (χ1) is 11.3. The van der Waals surface area contributed by atoms with Crippen LogP contribution in [-0.4, -0.2) is 23.0 Å². The fourth-order valence-electron chi connectivity index (χ4n) is 2.03. The van der Waals surface area contributed by atoms with Crippen molar-refractivity contribution >= 4 is 23.2 Å². The number of carboxylic acids is 1. The van der Waals surface area contributed by atoms with Gasteiger partial charge >= 0.3 is 5.97 Å². The van der Waals surface area contributed by atoms with Gasteiger partial charge in [-0.1, -0.05) is 51.1 Å². The van der Waals surface area contributed by atoms with Crippen LogP contribution in [0, 0.1) is 5.41 Å². The second kappa shape index (κ2) is 7.45. The molecule has 5 heteroatoms. The number of aliphatic carboxylic acids is 1. The van der Waals surface area contributed by atoms with E-state index in [9.17, 15) is 14.7 Å². The maximum absolute atomic E-state index is 12.3. The lowest BCUT2D eigenvalue weighted by molar-refractivity contribution is -0.137. The molecule has 126 valence electrons. The van der Waals surface area contributed by atoms with Crippen molar-refractivity contribution in [2.24, 2.45) is 5.41 Å². The smallest absolute Gasteiger partial charge is 0.330 e. The summed E-state index contributed by atoms with van der Waals surface area (Å²) in [5, 5.41) is 13.8. The predicted octanol–water partition coefficient (Wildman–Crippen LogP) is 4.20. The Bertz CT molecular complexity index is 725. The van der Waals surface area contributed by atoms with Crippen LogP contribution in [0.3, 0.4) is 0 Å². The van der Waals surface area contributed by atoms with Gasteiger partial charge in [0.05, 0.1) is 0 Å². The molecule has 1 aromatic carbocycles. The Morgan fingerprint density at radius 3 is 2.33 bits per heavy atom. The monoisotopic (exact) mass is 343 g/mol. The number of rotatable bonds is 5. The first-order valence-corrected chi connectivity index (χ1v) is 8.51. The zero-order valence-electron chi connectivity index (χ0n) is 13.9. The number of thiophene rings is 1. The number of hydrogen-bond acceptors (Lipinski definition) is 3. The standard InChI is InChI=1S/C19H21NO3S/c1-19(2,3)11-10-15(18(22)23)20-17(21)14-8-6-13(7-9-14)16-5-4-12-24-16/h4-12,15H,1-3H3,(H,20,21)(H,22,23). The van der Waals surface area contributed by atoms with E-state index in [0.29, 0.717) is 5.56 Å². The second-order valence-corrected chi connectivity index (χ2v) is 7.52. The average molecular weight is 343 g/mol. The van der Waals surface area contributed by atoms with Crippen molar-refractivity contribution < 1.29 is 14.7 Å². The number of benzene rings is 1. The van der Waals surface area contributed by atoms with Crippen molar-refractivity contribution in [2.75, 3.05) is 0 Å². The van der Waals surface area contributed by atoms with Crippen LogP contribution in [0.5, 0.6) is 0 Å². The first kappa shape index (κ1) is 17.9. The molecule has 0 saturated carbocycles. The maximum atomic E-state index is 12.3. The van der Waals surface area contributed by atoms with Crippen LogP contribution in [-0.2, 0) is 4.79 Å². The number of carbonyl (C=O) groups is 2. The van der Waals surface area contributed by atoms with Crippen LogP contribution in [0.15, 0.2) is 53.9 Å². The third-order valence-electron chi connectivity index (χ3n) is 3.29. The van der Waals surface area contributed by atoms with E-state index >= 15 is 0 Å². The van der Waals surface area contributed by atoms with Gasteiger partial charge in [-0.05, 0) is 34.6 Å². The third kappa shape index (κ3) is 5.06. The van der Waals surface area contributed by atoms with E-state index in [1.165, 1.54) is 6.08 Å². The molecular formula is C19H21NO3S. The zero-order valence-corrected chi connectivity index (χ0v) is 14.8. The molecule has 2 rings (SSSR count). The van der Waals surface area contributed by atoms with Gasteiger partial charge in [-0.25, -0.2) is 4.79 Å². The van der Waals surface area contributed by atoms with E-state index in [0.717, 1.165) is 10.4 Å². The number of carboxylic acid groups (broad SMARTS) is 1. The number of carbonyl (C=O) groups excluding carboxylic acids is 1. The molecule has 1 unspecified atom stereocenters. The Kier molecular flexibility index (Phi) is 5.57. The van der Waals surface area contributed by atoms with Crippen molar-refractivity contribution in [3.8, 4) is 10.4 Å². The molecule has 2 N–H and O–H groups in total. The molecule has 1 heterocycles. The molecule has 0 saturated heterocycles. The maximum Gasteiger partial charge on any atom is 0.330 e. The molecular weight excluding hydrogens is 322 g/mol. The quantitative estimate of drug-likeness (QED) is 0.800. The number of nitrogens with one attached hydrogen (secondary N) is 1. The largest absolute Gasteiger partial charge is 0.479 e. The fourth-order valence-corrected chi connectivity index (χ4v) is 2.76. The highest BCUT2D eigenvalue weighted by Crippen LogP contribution is 2.24. The fraction of sp³-hybridized carbons (Fsp3) is 0.263. The number of amides is 1. The molecule has 0 aliphatic heterocycles. The predicted molar refractivity (Wildman–Crippen MR) is 97.2 cm³/mol. The van der Waals surface area contributed by atoms with Gasteiger partial charge in [0.1, 0.15) is 6.04 Å². The summed E-state index contributed by atoms with van der Waals surface area (Å²) in [7, 11) is 0. The number of allylic oxidation sites excluding steroid dienone is 1. The number of hydrogen-bond donors (Lipinski definition) is 2. The lowest BCUT2D eigenvalue weighted by Gasteiger charge is -2.15. The molecule has 24 heavy (non-hydrogen) atoms. The summed E-state index contributed by atoms with van der Waals surface area (Å²) in [6, 6.07) is 10.1. The summed E-state index contributed by atoms with van der Waals surface area (Å²) in [6.45, 7) is 5.90. The van der Waals surface area contributed by atoms with Gasteiger partial charge in [0.15, 0.2) is 0 Å². The highest BCUT2D eigenvalue weighted by molar-refractivity contribution is 7.13. The highest BCUT2D eigenvalue weighted by atomic mass is 32.1. The van der Waals surface area contributed by atoms with Gasteiger partial charge in [-0.3, -0.25) is 4.79 Å². The summed E-state index contributed by atoms with van der Waals surface area (Å²) < 4.78 is 0. The van der Waals surface area contributed by atoms with Crippen LogP contribution in [0.1, 0.15) is 31.1 Å². The minimum Gasteiger partial charge on any atom is -0.479 e. The lowest BCUT2D eigenvalue weighted by Crippen LogP contribution is -2.39. The molecule has 4 nitrogen and oxygen atoms in total. The van der Waals surface area contributed by atoms with Crippen LogP contribution >= 0.6 is 11.3 Å². The van der Waals surface area contributed by atoms with Crippen molar-refractivity contribution in [3.63, 3.8) is 0 Å². The summed E-state index contributed by atoms with van der Waals surface area (Å²) >= 11 is 1.63. The van der Waals surface area contributed by atoms with Crippen molar-refractivity contribution in [1.82, 2.24) is 5.32 Å². The molecule has 2 aromatic rings. The van der Waals surface area contributed by atoms with Gasteiger partial charge in [0.2, 0.25) is 0 Å². The Labute approximate surface area is 145 Å². The van der Waals surface area contributed by atoms with E-state index < -0.39 is 17.9 Å². The average Bonchev–Trinajstić information content (AvgIpc) is 3.04. The minimum atomic E-state index is -1.08. The summed E-state index contributed by atoms with van der Waals surface area (Å²) in [5.74, 6) is -1.49. The SMILES string of the molecule is CC(C)(C)C=CC(NC(=O)c1ccc(-c2cccs2)cc1)C(=O)O. The molecule has 0 aliphatic carbocycles. The normalized spacial score (nSPS) is 13.0. The Morgan fingerprint density at radius 1 is 1.17 bits per heavy atom. The molecule has 0 aliphatic rings. The molecule has 0 fully saturated rings. The summed E-state index contributed by atoms with van der Waals surface area (Å²) in [6.07, 6.45) is 3.30. The highest BCUT2D eigenvalue weighted by Gasteiger charge is 2.19. The second-order valence-electron chi connectivity index (χ2n) is 6.57. The Morgan fingerprint density at radius 2 is 1.83 bits per heavy atom. The topological polar surface area (TPSA) is 66.4 Å². The van der Waals surface area contributed by atoms with Crippen LogP contribution in [0.25, 0.3) is 10.4 Å². The molecule has 1 aromatic heterocycles. The van der Waals surface area contributed by atoms with E-state index in [1.807, 2.05) is 50.4 Å². The van der Waals surface area contributed by atoms with Gasteiger partial charge < -0.3 is 10.4 Å². The van der Waals surface area contributed by atoms with E-state index in [4.69, 9.17) is 0 Å². The van der Waals surface area contributed by atoms with Gasteiger partial charge in [-0.15, -0.1) is 11.3 Å². The van der Waals surface area contributed by atoms with Crippen LogP contribution in [0.2, 0.25) is 0 Å². The molecule has 0 bridgehead atoms. The summed E-state index contributed by atoms with van der Waals surface area (Å²) in [4.78, 5) is 24.7. The van der Waals surface area contributed by atoms with Gasteiger partial charge in [-0.2, -0.15) is 0 Å². The molecule has 0 spiro atoms. The first-order valence-electron chi connectivity index (χ1n) is 7.63. The lowest BCUT2D eigenvalue weighted by atomic mass is 9.95. The van der Waals surface area contributed by atoms with Crippen molar-refractivity contribution in [2.45, 2.75) is 26.8 Å². The summed E-state index contributed by atoms with van der Waals surface area (Å²) in [5.41, 5.74) is 1.32. The van der Waals surface area contributed by atoms with E-state index in [1.54, 1.807) is 29.5 Å². The molecule has 0 radical (unpaired) electrons. The van der Waals surface area contributed by atoms with E-state index in [-0.39, 0.29) is 5.41 Å². The van der Waals surface area contributed by atoms with E-state index in [2.05, 4.69) is 5.32 Å². The van der Waals surface area contributed by atoms with Gasteiger partial charge in [0, 0.05) is 10.4 Å². The minimum absolute atomic E-state index is 0.152. The molecule has 1 atom stereocenters. The van der Waals surface area contributed by atoms with Crippen LogP contribution < -0.4 is 5.32 Å². The zero-order chi connectivity index (χ0) is 17.7. The third-order valence-corrected chi connectivity index (χ3v) is 4.21. The molecule has 1 amide bonds. The van der Waals surface area contributed by atoms with Crippen molar-refractivity contribution in [1.29, 1.82) is 0 Å². The van der Waals surface area contributed by atoms with Crippen molar-refractivity contribution in [3.05, 3.63) is 59.5 Å².